The molecule has 5 aromatic rings. The number of anilines is 3. The third-order valence-corrected chi connectivity index (χ3v) is 9.03. The van der Waals surface area contributed by atoms with Gasteiger partial charge in [0.05, 0.1) is 62.5 Å². The highest BCUT2D eigenvalue weighted by Gasteiger charge is 2.26. The van der Waals surface area contributed by atoms with Crippen molar-refractivity contribution in [1.82, 2.24) is 15.3 Å². The lowest BCUT2D eigenvalue weighted by atomic mass is 9.94. The number of hydrogen-bond acceptors (Lipinski definition) is 11. The summed E-state index contributed by atoms with van der Waals surface area (Å²) in [6.07, 6.45) is 2.13. The van der Waals surface area contributed by atoms with Crippen molar-refractivity contribution in [2.75, 3.05) is 45.1 Å². The van der Waals surface area contributed by atoms with Gasteiger partial charge in [0, 0.05) is 63.9 Å². The summed E-state index contributed by atoms with van der Waals surface area (Å²) >= 11 is 6.43. The van der Waals surface area contributed by atoms with Gasteiger partial charge in [-0.15, -0.1) is 0 Å². The van der Waals surface area contributed by atoms with E-state index in [4.69, 9.17) is 41.5 Å². The van der Waals surface area contributed by atoms with Gasteiger partial charge in [0.2, 0.25) is 11.9 Å². The molecule has 1 aliphatic heterocycles. The Morgan fingerprint density at radius 1 is 0.930 bits per heavy atom. The molecule has 57 heavy (non-hydrogen) atoms. The third kappa shape index (κ3) is 9.18. The van der Waals surface area contributed by atoms with Crippen LogP contribution in [0.25, 0.3) is 11.3 Å². The summed E-state index contributed by atoms with van der Waals surface area (Å²) in [5.74, 6) is 4.69. The van der Waals surface area contributed by atoms with E-state index in [1.165, 1.54) is 33.5 Å². The number of nitrogens with two attached hydrogens (primary N) is 1. The SMILES string of the molecule is COC(=O)c1ccc(NC(=O)CCCNC(=O)c2ccc(Nc3ncc4c(n3)-c3ccc(Cl)cc3C(c3c(F)cccc3OC)=NC4)cc2OC)cc1C#CCN. The molecule has 0 bridgehead atoms. The first-order valence-electron chi connectivity index (χ1n) is 17.6. The summed E-state index contributed by atoms with van der Waals surface area (Å²) in [7, 11) is 4.20. The molecule has 0 aliphatic carbocycles. The van der Waals surface area contributed by atoms with Gasteiger partial charge >= 0.3 is 5.97 Å². The number of nitrogens with zero attached hydrogens (tertiary/aromatic N) is 3. The van der Waals surface area contributed by atoms with Crippen LogP contribution in [-0.2, 0) is 16.1 Å². The lowest BCUT2D eigenvalue weighted by Gasteiger charge is -2.15. The summed E-state index contributed by atoms with van der Waals surface area (Å²) in [6.45, 7) is 0.492. The van der Waals surface area contributed by atoms with Crippen molar-refractivity contribution in [3.63, 3.8) is 0 Å². The van der Waals surface area contributed by atoms with Crippen molar-refractivity contribution >= 4 is 52.4 Å². The zero-order valence-electron chi connectivity index (χ0n) is 31.2. The molecule has 0 radical (unpaired) electrons. The van der Waals surface area contributed by atoms with E-state index in [-0.39, 0.29) is 60.5 Å². The van der Waals surface area contributed by atoms with E-state index in [1.807, 2.05) is 6.07 Å². The summed E-state index contributed by atoms with van der Waals surface area (Å²) in [5.41, 5.74) is 10.6. The van der Waals surface area contributed by atoms with Crippen LogP contribution in [0.1, 0.15) is 55.8 Å². The predicted molar refractivity (Wildman–Crippen MR) is 215 cm³/mol. The first kappa shape index (κ1) is 39.9. The fraction of sp³-hybridized carbons (Fsp3) is 0.190. The molecule has 0 atom stereocenters. The van der Waals surface area contributed by atoms with Crippen LogP contribution in [0.15, 0.2) is 84.0 Å². The Hall–Kier alpha value is -6.82. The maximum absolute atomic E-state index is 15.3. The molecule has 2 heterocycles. The first-order chi connectivity index (χ1) is 27.6. The van der Waals surface area contributed by atoms with Crippen LogP contribution in [0.5, 0.6) is 11.5 Å². The summed E-state index contributed by atoms with van der Waals surface area (Å²) < 4.78 is 31.1. The number of methoxy groups -OCH3 is 3. The minimum atomic E-state index is -0.555. The van der Waals surface area contributed by atoms with Crippen LogP contribution in [0.3, 0.4) is 0 Å². The molecule has 1 aromatic heterocycles. The third-order valence-electron chi connectivity index (χ3n) is 8.80. The number of halogens is 2. The Bertz CT molecular complexity index is 2460. The molecule has 15 heteroatoms. The van der Waals surface area contributed by atoms with Crippen molar-refractivity contribution in [3.8, 4) is 34.6 Å². The number of ether oxygens (including phenoxy) is 3. The normalized spacial score (nSPS) is 11.4. The highest BCUT2D eigenvalue weighted by atomic mass is 35.5. The van der Waals surface area contributed by atoms with E-state index in [2.05, 4.69) is 32.8 Å². The fourth-order valence-corrected chi connectivity index (χ4v) is 6.29. The van der Waals surface area contributed by atoms with Gasteiger partial charge in [-0.2, -0.15) is 0 Å². The molecule has 0 saturated carbocycles. The van der Waals surface area contributed by atoms with E-state index in [1.54, 1.807) is 60.8 Å². The average Bonchev–Trinajstić information content (AvgIpc) is 3.37. The Morgan fingerprint density at radius 3 is 2.49 bits per heavy atom. The second-order valence-electron chi connectivity index (χ2n) is 12.4. The number of nitrogens with one attached hydrogen (secondary N) is 3. The molecule has 0 spiro atoms. The predicted octanol–water partition coefficient (Wildman–Crippen LogP) is 6.29. The van der Waals surface area contributed by atoms with E-state index in [0.717, 1.165) is 0 Å². The molecule has 0 saturated heterocycles. The van der Waals surface area contributed by atoms with Gasteiger partial charge < -0.3 is 35.9 Å². The van der Waals surface area contributed by atoms with Gasteiger partial charge in [-0.25, -0.2) is 19.2 Å². The second kappa shape index (κ2) is 18.2. The van der Waals surface area contributed by atoms with Crippen molar-refractivity contribution in [2.45, 2.75) is 19.4 Å². The van der Waals surface area contributed by atoms with E-state index < -0.39 is 11.8 Å². The molecule has 6 rings (SSSR count). The van der Waals surface area contributed by atoms with Crippen molar-refractivity contribution < 1.29 is 33.0 Å². The molecule has 13 nitrogen and oxygen atoms in total. The van der Waals surface area contributed by atoms with E-state index >= 15 is 4.39 Å². The summed E-state index contributed by atoms with van der Waals surface area (Å²) in [6, 6.07) is 19.5. The zero-order valence-corrected chi connectivity index (χ0v) is 31.9. The number of esters is 1. The van der Waals surface area contributed by atoms with Crippen molar-refractivity contribution in [2.24, 2.45) is 10.7 Å². The molecule has 290 valence electrons. The number of rotatable bonds is 12. The number of benzene rings is 4. The fourth-order valence-electron chi connectivity index (χ4n) is 6.12. The van der Waals surface area contributed by atoms with Crippen molar-refractivity contribution in [1.29, 1.82) is 0 Å². The Labute approximate surface area is 332 Å². The highest BCUT2D eigenvalue weighted by molar-refractivity contribution is 6.31. The van der Waals surface area contributed by atoms with Crippen molar-refractivity contribution in [3.05, 3.63) is 123 Å². The molecule has 2 amide bonds. The number of fused-ring (bicyclic) bond motifs is 3. The quantitative estimate of drug-likeness (QED) is 0.0638. The van der Waals surface area contributed by atoms with Crippen LogP contribution in [0.4, 0.5) is 21.7 Å². The Kier molecular flexibility index (Phi) is 12.7. The van der Waals surface area contributed by atoms with Gasteiger partial charge in [0.1, 0.15) is 17.3 Å². The lowest BCUT2D eigenvalue weighted by molar-refractivity contribution is -0.116. The monoisotopic (exact) mass is 789 g/mol. The topological polar surface area (TPSA) is 179 Å². The number of carbonyl (C=O) groups is 3. The average molecular weight is 790 g/mol. The number of aromatic nitrogens is 2. The lowest BCUT2D eigenvalue weighted by Crippen LogP contribution is -2.26. The smallest absolute Gasteiger partial charge is 0.339 e. The van der Waals surface area contributed by atoms with Gasteiger partial charge in [-0.05, 0) is 61.0 Å². The van der Waals surface area contributed by atoms with Crippen LogP contribution in [0.2, 0.25) is 5.02 Å². The minimum absolute atomic E-state index is 0.0995. The molecule has 0 fully saturated rings. The van der Waals surface area contributed by atoms with Crippen LogP contribution < -0.4 is 31.2 Å². The van der Waals surface area contributed by atoms with Crippen LogP contribution in [0, 0.1) is 17.7 Å². The van der Waals surface area contributed by atoms with Gasteiger partial charge in [-0.3, -0.25) is 14.6 Å². The van der Waals surface area contributed by atoms with Gasteiger partial charge in [-0.1, -0.05) is 35.6 Å². The maximum atomic E-state index is 15.3. The van der Waals surface area contributed by atoms with Gasteiger partial charge in [0.15, 0.2) is 0 Å². The highest BCUT2D eigenvalue weighted by Crippen LogP contribution is 2.36. The second-order valence-corrected chi connectivity index (χ2v) is 12.9. The van der Waals surface area contributed by atoms with Crippen LogP contribution >= 0.6 is 11.6 Å². The van der Waals surface area contributed by atoms with Gasteiger partial charge in [0.25, 0.3) is 5.91 Å². The Balaban J connectivity index is 1.11. The maximum Gasteiger partial charge on any atom is 0.339 e. The molecule has 1 aliphatic rings. The molecule has 0 unspecified atom stereocenters. The number of carbonyl (C=O) groups excluding carboxylic acids is 3. The molecule has 4 aromatic carbocycles. The molecular formula is C42H37ClFN7O6. The summed E-state index contributed by atoms with van der Waals surface area (Å²) in [5, 5.41) is 9.23. The number of aliphatic imine (C=N–C) groups is 1. The largest absolute Gasteiger partial charge is 0.496 e. The minimum Gasteiger partial charge on any atom is -0.496 e. The Morgan fingerprint density at radius 2 is 1.72 bits per heavy atom. The van der Waals surface area contributed by atoms with Crippen LogP contribution in [-0.4, -0.2) is 67.9 Å². The molecular weight excluding hydrogens is 753 g/mol. The number of amides is 2. The summed E-state index contributed by atoms with van der Waals surface area (Å²) in [4.78, 5) is 52.0. The standard InChI is InChI=1S/C42H37ClFN7O6/c1-55-34-9-4-8-33(44)37(34)39-32-20-26(43)11-14-30(32)38-25(22-47-39)23-48-42(51-38)50-28-13-16-31(35(21-28)56-2)40(53)46-18-6-10-36(52)49-27-12-15-29(41(54)57-3)24(19-27)7-5-17-45/h4,8-9,11-16,19-21,23H,6,10,17-18,22,45H2,1-3H3,(H,46,53)(H,49,52)(H,48,50,51). The van der Waals surface area contributed by atoms with E-state index in [9.17, 15) is 14.4 Å². The molecule has 5 N–H and O–H groups in total. The zero-order chi connectivity index (χ0) is 40.5. The first-order valence-corrected chi connectivity index (χ1v) is 18.0. The number of hydrogen-bond donors (Lipinski definition) is 4. The van der Waals surface area contributed by atoms with E-state index in [0.29, 0.717) is 68.0 Å².